The minimum Gasteiger partial charge on any atom is -0.476 e. The number of anilines is 2. The average Bonchev–Trinajstić information content (AvgIpc) is 3.18. The fraction of sp³-hybridized carbons (Fsp3) is 0.320. The number of carbonyl (C=O) groups is 2. The molecule has 2 aromatic carbocycles. The van der Waals surface area contributed by atoms with Crippen LogP contribution in [0.2, 0.25) is 0 Å². The summed E-state index contributed by atoms with van der Waals surface area (Å²) < 4.78 is 1.42. The molecule has 1 amide bonds. The molecule has 2 heterocycles. The second-order valence-electron chi connectivity index (χ2n) is 8.11. The van der Waals surface area contributed by atoms with Crippen LogP contribution in [-0.2, 0) is 6.54 Å². The van der Waals surface area contributed by atoms with Crippen molar-refractivity contribution in [3.8, 4) is 11.3 Å². The summed E-state index contributed by atoms with van der Waals surface area (Å²) in [6.07, 6.45) is 3.66. The van der Waals surface area contributed by atoms with Crippen LogP contribution in [0.4, 0.5) is 11.4 Å². The van der Waals surface area contributed by atoms with Crippen LogP contribution in [-0.4, -0.2) is 39.9 Å². The van der Waals surface area contributed by atoms with Crippen molar-refractivity contribution < 1.29 is 14.7 Å². The van der Waals surface area contributed by atoms with Crippen LogP contribution in [0.3, 0.4) is 0 Å². The first-order valence-corrected chi connectivity index (χ1v) is 11.1. The predicted molar refractivity (Wildman–Crippen MR) is 125 cm³/mol. The Balaban J connectivity index is 1.71. The molecule has 3 aromatic rings. The van der Waals surface area contributed by atoms with E-state index in [1.807, 2.05) is 44.2 Å². The van der Waals surface area contributed by atoms with Crippen LogP contribution in [0.25, 0.3) is 11.3 Å². The van der Waals surface area contributed by atoms with Crippen LogP contribution in [0.15, 0.2) is 48.5 Å². The van der Waals surface area contributed by atoms with Crippen molar-refractivity contribution in [2.24, 2.45) is 0 Å². The molecular weight excluding hydrogens is 404 g/mol. The molecule has 0 radical (unpaired) electrons. The molecule has 1 aliphatic rings. The highest BCUT2D eigenvalue weighted by Crippen LogP contribution is 2.33. The van der Waals surface area contributed by atoms with Crippen molar-refractivity contribution in [3.63, 3.8) is 0 Å². The molecule has 1 aliphatic heterocycles. The van der Waals surface area contributed by atoms with E-state index >= 15 is 0 Å². The standard InChI is InChI=1S/C25H28N4O3/c1-3-29-23(25(31)32)22(26-24(30)19-9-7-8-17(2)16-19)21(27-29)18-10-12-20(13-11-18)28-14-5-4-6-15-28/h7-13,16H,3-6,14-15H2,1-2H3,(H,26,30)(H,31,32). The van der Waals surface area contributed by atoms with E-state index in [0.29, 0.717) is 17.8 Å². The third-order valence-corrected chi connectivity index (χ3v) is 5.84. The Labute approximate surface area is 187 Å². The number of rotatable bonds is 6. The maximum atomic E-state index is 12.9. The summed E-state index contributed by atoms with van der Waals surface area (Å²) in [5, 5.41) is 17.2. The van der Waals surface area contributed by atoms with Crippen LogP contribution in [0, 0.1) is 6.92 Å². The van der Waals surface area contributed by atoms with Gasteiger partial charge in [-0.2, -0.15) is 5.10 Å². The summed E-state index contributed by atoms with van der Waals surface area (Å²) in [5.41, 5.74) is 3.98. The van der Waals surface area contributed by atoms with Crippen molar-refractivity contribution in [3.05, 3.63) is 65.4 Å². The molecule has 166 valence electrons. The van der Waals surface area contributed by atoms with Gasteiger partial charge >= 0.3 is 5.97 Å². The van der Waals surface area contributed by atoms with Gasteiger partial charge in [-0.15, -0.1) is 0 Å². The first-order valence-electron chi connectivity index (χ1n) is 11.1. The van der Waals surface area contributed by atoms with Gasteiger partial charge < -0.3 is 15.3 Å². The lowest BCUT2D eigenvalue weighted by atomic mass is 10.1. The van der Waals surface area contributed by atoms with E-state index in [0.717, 1.165) is 29.9 Å². The third-order valence-electron chi connectivity index (χ3n) is 5.84. The molecule has 0 aliphatic carbocycles. The monoisotopic (exact) mass is 432 g/mol. The van der Waals surface area contributed by atoms with Crippen molar-refractivity contribution in [1.82, 2.24) is 9.78 Å². The quantitative estimate of drug-likeness (QED) is 0.583. The summed E-state index contributed by atoms with van der Waals surface area (Å²) >= 11 is 0. The third kappa shape index (κ3) is 4.37. The maximum absolute atomic E-state index is 12.9. The molecule has 7 nitrogen and oxygen atoms in total. The topological polar surface area (TPSA) is 87.5 Å². The number of benzene rings is 2. The number of carbonyl (C=O) groups excluding carboxylic acids is 1. The summed E-state index contributed by atoms with van der Waals surface area (Å²) in [7, 11) is 0. The molecule has 0 unspecified atom stereocenters. The number of carboxylic acid groups (broad SMARTS) is 1. The van der Waals surface area contributed by atoms with Gasteiger partial charge in [-0.3, -0.25) is 9.48 Å². The van der Waals surface area contributed by atoms with E-state index in [2.05, 4.69) is 15.3 Å². The van der Waals surface area contributed by atoms with Crippen LogP contribution in [0.1, 0.15) is 52.6 Å². The van der Waals surface area contributed by atoms with Gasteiger partial charge in [0.15, 0.2) is 5.69 Å². The SMILES string of the molecule is CCn1nc(-c2ccc(N3CCCCC3)cc2)c(NC(=O)c2cccc(C)c2)c1C(=O)O. The lowest BCUT2D eigenvalue weighted by molar-refractivity contribution is 0.0684. The second-order valence-corrected chi connectivity index (χ2v) is 8.11. The molecule has 4 rings (SSSR count). The Hall–Kier alpha value is -3.61. The summed E-state index contributed by atoms with van der Waals surface area (Å²) in [6.45, 7) is 6.20. The molecule has 1 aromatic heterocycles. The molecule has 1 saturated heterocycles. The van der Waals surface area contributed by atoms with Gasteiger partial charge in [0.25, 0.3) is 5.91 Å². The largest absolute Gasteiger partial charge is 0.476 e. The van der Waals surface area contributed by atoms with Gasteiger partial charge in [-0.1, -0.05) is 29.8 Å². The van der Waals surface area contributed by atoms with E-state index in [9.17, 15) is 14.7 Å². The highest BCUT2D eigenvalue weighted by molar-refractivity contribution is 6.10. The zero-order valence-electron chi connectivity index (χ0n) is 18.5. The number of hydrogen-bond acceptors (Lipinski definition) is 4. The van der Waals surface area contributed by atoms with Crippen molar-refractivity contribution >= 4 is 23.3 Å². The molecule has 0 saturated carbocycles. The van der Waals surface area contributed by atoms with E-state index in [1.54, 1.807) is 18.2 Å². The second kappa shape index (κ2) is 9.26. The highest BCUT2D eigenvalue weighted by Gasteiger charge is 2.26. The number of hydrogen-bond donors (Lipinski definition) is 2. The van der Waals surface area contributed by atoms with Crippen molar-refractivity contribution in [2.75, 3.05) is 23.3 Å². The van der Waals surface area contributed by atoms with Crippen molar-refractivity contribution in [2.45, 2.75) is 39.7 Å². The Kier molecular flexibility index (Phi) is 6.25. The smallest absolute Gasteiger partial charge is 0.356 e. The first-order chi connectivity index (χ1) is 15.5. The fourth-order valence-electron chi connectivity index (χ4n) is 4.18. The molecule has 2 N–H and O–H groups in total. The van der Waals surface area contributed by atoms with E-state index < -0.39 is 5.97 Å². The molecule has 0 atom stereocenters. The van der Waals surface area contributed by atoms with Crippen LogP contribution in [0.5, 0.6) is 0 Å². The maximum Gasteiger partial charge on any atom is 0.356 e. The average molecular weight is 433 g/mol. The van der Waals surface area contributed by atoms with Gasteiger partial charge in [0.1, 0.15) is 11.4 Å². The van der Waals surface area contributed by atoms with Gasteiger partial charge in [0.05, 0.1) is 0 Å². The number of aryl methyl sites for hydroxylation is 2. The molecule has 32 heavy (non-hydrogen) atoms. The Morgan fingerprint density at radius 3 is 2.41 bits per heavy atom. The van der Waals surface area contributed by atoms with Crippen LogP contribution < -0.4 is 10.2 Å². The minimum absolute atomic E-state index is 0.0244. The van der Waals surface area contributed by atoms with Crippen molar-refractivity contribution in [1.29, 1.82) is 0 Å². The van der Waals surface area contributed by atoms with E-state index in [1.165, 1.54) is 23.9 Å². The first kappa shape index (κ1) is 21.6. The number of aromatic nitrogens is 2. The number of aromatic carboxylic acids is 1. The van der Waals surface area contributed by atoms with Gasteiger partial charge in [0.2, 0.25) is 0 Å². The van der Waals surface area contributed by atoms with Crippen LogP contribution >= 0.6 is 0 Å². The predicted octanol–water partition coefficient (Wildman–Crippen LogP) is 4.82. The Morgan fingerprint density at radius 1 is 1.06 bits per heavy atom. The summed E-state index contributed by atoms with van der Waals surface area (Å²) in [5.74, 6) is -1.49. The normalized spacial score (nSPS) is 13.8. The molecule has 1 fully saturated rings. The van der Waals surface area contributed by atoms with E-state index in [4.69, 9.17) is 0 Å². The number of nitrogens with one attached hydrogen (secondary N) is 1. The summed E-state index contributed by atoms with van der Waals surface area (Å²) in [4.78, 5) is 27.4. The minimum atomic E-state index is -1.13. The Bertz CT molecular complexity index is 1130. The number of piperidine rings is 1. The number of carboxylic acids is 1. The van der Waals surface area contributed by atoms with Gasteiger partial charge in [-0.25, -0.2) is 4.79 Å². The van der Waals surface area contributed by atoms with Gasteiger partial charge in [-0.05, 0) is 57.4 Å². The zero-order valence-corrected chi connectivity index (χ0v) is 18.5. The summed E-state index contributed by atoms with van der Waals surface area (Å²) in [6, 6.07) is 15.2. The fourth-order valence-corrected chi connectivity index (χ4v) is 4.18. The lowest BCUT2D eigenvalue weighted by Crippen LogP contribution is -2.29. The number of amides is 1. The molecule has 0 spiro atoms. The Morgan fingerprint density at radius 2 is 1.78 bits per heavy atom. The highest BCUT2D eigenvalue weighted by atomic mass is 16.4. The van der Waals surface area contributed by atoms with Gasteiger partial charge in [0, 0.05) is 36.4 Å². The molecule has 7 heteroatoms. The van der Waals surface area contributed by atoms with E-state index in [-0.39, 0.29) is 17.3 Å². The zero-order chi connectivity index (χ0) is 22.7. The molecule has 0 bridgehead atoms. The molecular formula is C25H28N4O3. The number of nitrogens with zero attached hydrogens (tertiary/aromatic N) is 3. The lowest BCUT2D eigenvalue weighted by Gasteiger charge is -2.28.